The first-order valence-corrected chi connectivity index (χ1v) is 6.18. The zero-order chi connectivity index (χ0) is 15.4. The molecule has 2 amide bonds. The van der Waals surface area contributed by atoms with Gasteiger partial charge in [0.15, 0.2) is 0 Å². The highest BCUT2D eigenvalue weighted by atomic mass is 16.4. The van der Waals surface area contributed by atoms with Crippen molar-refractivity contribution in [2.45, 2.75) is 13.5 Å². The second kappa shape index (κ2) is 6.04. The number of anilines is 1. The van der Waals surface area contributed by atoms with Crippen molar-refractivity contribution in [2.24, 2.45) is 0 Å². The Morgan fingerprint density at radius 2 is 2.19 bits per heavy atom. The third-order valence-electron chi connectivity index (χ3n) is 2.93. The molecule has 1 aromatic carbocycles. The highest BCUT2D eigenvalue weighted by Gasteiger charge is 2.17. The van der Waals surface area contributed by atoms with Gasteiger partial charge in [-0.3, -0.25) is 5.10 Å². The number of aromatic carboxylic acids is 1. The van der Waals surface area contributed by atoms with Crippen molar-refractivity contribution >= 4 is 17.7 Å². The lowest BCUT2D eigenvalue weighted by Crippen LogP contribution is -2.32. The SMILES string of the molecule is Cc1cccc(C(=O)O)c1NC(=O)N(C)Cc1ncn[nH]1. The number of amides is 2. The predicted octanol–water partition coefficient (Wildman–Crippen LogP) is 1.48. The number of nitrogens with one attached hydrogen (secondary N) is 2. The molecule has 1 heterocycles. The van der Waals surface area contributed by atoms with Gasteiger partial charge in [0.05, 0.1) is 17.8 Å². The Kier molecular flexibility index (Phi) is 4.17. The van der Waals surface area contributed by atoms with E-state index in [1.807, 2.05) is 0 Å². The van der Waals surface area contributed by atoms with Crippen LogP contribution in [0.3, 0.4) is 0 Å². The van der Waals surface area contributed by atoms with Crippen LogP contribution >= 0.6 is 0 Å². The molecule has 0 atom stereocenters. The largest absolute Gasteiger partial charge is 0.478 e. The summed E-state index contributed by atoms with van der Waals surface area (Å²) in [5.41, 5.74) is 1.02. The van der Waals surface area contributed by atoms with Gasteiger partial charge in [0.2, 0.25) is 0 Å². The van der Waals surface area contributed by atoms with Gasteiger partial charge in [0, 0.05) is 7.05 Å². The third-order valence-corrected chi connectivity index (χ3v) is 2.93. The average Bonchev–Trinajstić information content (AvgIpc) is 2.93. The molecule has 0 aliphatic heterocycles. The molecule has 0 spiro atoms. The Hall–Kier alpha value is -2.90. The third kappa shape index (κ3) is 3.35. The molecule has 0 aliphatic rings. The summed E-state index contributed by atoms with van der Waals surface area (Å²) in [5.74, 6) is -0.553. The van der Waals surface area contributed by atoms with Crippen LogP contribution in [0.5, 0.6) is 0 Å². The zero-order valence-corrected chi connectivity index (χ0v) is 11.6. The summed E-state index contributed by atoms with van der Waals surface area (Å²) in [4.78, 5) is 28.6. The molecule has 0 fully saturated rings. The van der Waals surface area contributed by atoms with Crippen molar-refractivity contribution in [3.63, 3.8) is 0 Å². The molecule has 8 nitrogen and oxygen atoms in total. The molecule has 3 N–H and O–H groups in total. The van der Waals surface area contributed by atoms with Gasteiger partial charge >= 0.3 is 12.0 Å². The smallest absolute Gasteiger partial charge is 0.337 e. The number of carbonyl (C=O) groups excluding carboxylic acids is 1. The van der Waals surface area contributed by atoms with E-state index >= 15 is 0 Å². The standard InChI is InChI=1S/C13H15N5O3/c1-8-4-3-5-9(12(19)20)11(8)16-13(21)18(2)6-10-14-7-15-17-10/h3-5,7H,6H2,1-2H3,(H,16,21)(H,19,20)(H,14,15,17). The van der Waals surface area contributed by atoms with E-state index in [1.165, 1.54) is 17.3 Å². The maximum atomic E-state index is 12.1. The number of urea groups is 1. The van der Waals surface area contributed by atoms with E-state index in [-0.39, 0.29) is 12.1 Å². The van der Waals surface area contributed by atoms with Crippen LogP contribution < -0.4 is 5.32 Å². The van der Waals surface area contributed by atoms with Crippen LogP contribution in [0, 0.1) is 6.92 Å². The molecule has 2 rings (SSSR count). The molecular weight excluding hydrogens is 274 g/mol. The molecule has 0 saturated carbocycles. The number of hydrogen-bond acceptors (Lipinski definition) is 4. The minimum absolute atomic E-state index is 0.0522. The van der Waals surface area contributed by atoms with E-state index in [0.717, 1.165) is 0 Å². The van der Waals surface area contributed by atoms with E-state index < -0.39 is 12.0 Å². The molecule has 1 aromatic heterocycles. The lowest BCUT2D eigenvalue weighted by molar-refractivity contribution is 0.0698. The van der Waals surface area contributed by atoms with E-state index in [9.17, 15) is 9.59 Å². The summed E-state index contributed by atoms with van der Waals surface area (Å²) in [6.07, 6.45) is 1.35. The predicted molar refractivity (Wildman–Crippen MR) is 75.0 cm³/mol. The number of nitrogens with zero attached hydrogens (tertiary/aromatic N) is 3. The fourth-order valence-electron chi connectivity index (χ4n) is 1.82. The van der Waals surface area contributed by atoms with Gasteiger partial charge in [-0.15, -0.1) is 0 Å². The number of carboxylic acids is 1. The fourth-order valence-corrected chi connectivity index (χ4v) is 1.82. The number of aryl methyl sites for hydroxylation is 1. The van der Waals surface area contributed by atoms with Gasteiger partial charge in [0.25, 0.3) is 0 Å². The summed E-state index contributed by atoms with van der Waals surface area (Å²) in [5, 5.41) is 18.1. The molecule has 2 aromatic rings. The van der Waals surface area contributed by atoms with E-state index in [4.69, 9.17) is 5.11 Å². The first kappa shape index (κ1) is 14.5. The van der Waals surface area contributed by atoms with Crippen molar-refractivity contribution in [1.29, 1.82) is 0 Å². The first-order valence-electron chi connectivity index (χ1n) is 6.18. The number of aromatic amines is 1. The Balaban J connectivity index is 2.14. The maximum absolute atomic E-state index is 12.1. The van der Waals surface area contributed by atoms with Crippen LogP contribution in [0.15, 0.2) is 24.5 Å². The van der Waals surface area contributed by atoms with E-state index in [0.29, 0.717) is 17.1 Å². The van der Waals surface area contributed by atoms with Gasteiger partial charge in [-0.05, 0) is 18.6 Å². The second-order valence-corrected chi connectivity index (χ2v) is 4.52. The highest BCUT2D eigenvalue weighted by molar-refractivity contribution is 6.00. The molecule has 0 radical (unpaired) electrons. The Morgan fingerprint density at radius 3 is 2.81 bits per heavy atom. The lowest BCUT2D eigenvalue weighted by Gasteiger charge is -2.18. The Labute approximate surface area is 120 Å². The average molecular weight is 289 g/mol. The number of carboxylic acid groups (broad SMARTS) is 1. The monoisotopic (exact) mass is 289 g/mol. The lowest BCUT2D eigenvalue weighted by atomic mass is 10.1. The minimum Gasteiger partial charge on any atom is -0.478 e. The van der Waals surface area contributed by atoms with Gasteiger partial charge < -0.3 is 15.3 Å². The van der Waals surface area contributed by atoms with Gasteiger partial charge in [0.1, 0.15) is 12.2 Å². The van der Waals surface area contributed by atoms with Crippen molar-refractivity contribution in [3.05, 3.63) is 41.5 Å². The normalized spacial score (nSPS) is 10.2. The minimum atomic E-state index is -1.09. The van der Waals surface area contributed by atoms with Crippen LogP contribution in [-0.2, 0) is 6.54 Å². The summed E-state index contributed by atoms with van der Waals surface area (Å²) in [6, 6.07) is 4.38. The number of aromatic nitrogens is 3. The molecule has 0 bridgehead atoms. The molecule has 0 aliphatic carbocycles. The molecule has 110 valence electrons. The number of hydrogen-bond donors (Lipinski definition) is 3. The summed E-state index contributed by atoms with van der Waals surface area (Å²) >= 11 is 0. The van der Waals surface area contributed by atoms with Crippen molar-refractivity contribution in [2.75, 3.05) is 12.4 Å². The number of carbonyl (C=O) groups is 2. The molecule has 0 saturated heterocycles. The van der Waals surface area contributed by atoms with Crippen LogP contribution in [0.1, 0.15) is 21.7 Å². The van der Waals surface area contributed by atoms with Crippen LogP contribution in [-0.4, -0.2) is 44.2 Å². The van der Waals surface area contributed by atoms with Crippen molar-refractivity contribution in [3.8, 4) is 0 Å². The quantitative estimate of drug-likeness (QED) is 0.789. The van der Waals surface area contributed by atoms with Gasteiger partial charge in [-0.1, -0.05) is 12.1 Å². The highest BCUT2D eigenvalue weighted by Crippen LogP contribution is 2.21. The summed E-state index contributed by atoms with van der Waals surface area (Å²) < 4.78 is 0. The number of para-hydroxylation sites is 1. The van der Waals surface area contributed by atoms with Crippen LogP contribution in [0.25, 0.3) is 0 Å². The molecular formula is C13H15N5O3. The second-order valence-electron chi connectivity index (χ2n) is 4.52. The van der Waals surface area contributed by atoms with Crippen molar-refractivity contribution < 1.29 is 14.7 Å². The Morgan fingerprint density at radius 1 is 1.43 bits per heavy atom. The van der Waals surface area contributed by atoms with E-state index in [2.05, 4.69) is 20.5 Å². The topological polar surface area (TPSA) is 111 Å². The summed E-state index contributed by atoms with van der Waals surface area (Å²) in [6.45, 7) is 1.97. The van der Waals surface area contributed by atoms with Gasteiger partial charge in [-0.25, -0.2) is 14.6 Å². The number of benzene rings is 1. The number of H-pyrrole nitrogens is 1. The fraction of sp³-hybridized carbons (Fsp3) is 0.231. The van der Waals surface area contributed by atoms with Crippen LogP contribution in [0.4, 0.5) is 10.5 Å². The Bertz CT molecular complexity index is 654. The van der Waals surface area contributed by atoms with E-state index in [1.54, 1.807) is 26.1 Å². The van der Waals surface area contributed by atoms with Crippen LogP contribution in [0.2, 0.25) is 0 Å². The number of rotatable bonds is 4. The maximum Gasteiger partial charge on any atom is 0.337 e. The molecule has 8 heteroatoms. The first-order chi connectivity index (χ1) is 9.99. The molecule has 21 heavy (non-hydrogen) atoms. The van der Waals surface area contributed by atoms with Crippen molar-refractivity contribution in [1.82, 2.24) is 20.1 Å². The zero-order valence-electron chi connectivity index (χ0n) is 11.6. The van der Waals surface area contributed by atoms with Gasteiger partial charge in [-0.2, -0.15) is 5.10 Å². The summed E-state index contributed by atoms with van der Waals surface area (Å²) in [7, 11) is 1.58. The molecule has 0 unspecified atom stereocenters.